The van der Waals surface area contributed by atoms with Crippen LogP contribution < -0.4 is 0 Å². The number of hydrogen-bond acceptors (Lipinski definition) is 2. The Kier molecular flexibility index (Phi) is 6.32. The molecule has 0 aliphatic heterocycles. The maximum Gasteiger partial charge on any atom is 0.162 e. The molecule has 120 valence electrons. The van der Waals surface area contributed by atoms with Crippen LogP contribution in [0.4, 0.5) is 0 Å². The molecule has 2 heteroatoms. The Morgan fingerprint density at radius 3 is 2.05 bits per heavy atom. The van der Waals surface area contributed by atoms with Gasteiger partial charge in [-0.1, -0.05) is 39.5 Å². The zero-order chi connectivity index (χ0) is 15.2. The highest BCUT2D eigenvalue weighted by Crippen LogP contribution is 2.41. The van der Waals surface area contributed by atoms with Gasteiger partial charge in [0.25, 0.3) is 0 Å². The van der Waals surface area contributed by atoms with Crippen molar-refractivity contribution in [2.75, 3.05) is 0 Å². The molecule has 0 radical (unpaired) electrons. The average molecular weight is 292 g/mol. The summed E-state index contributed by atoms with van der Waals surface area (Å²) in [5, 5.41) is 10.1. The van der Waals surface area contributed by atoms with Gasteiger partial charge in [0, 0.05) is 17.9 Å². The lowest BCUT2D eigenvalue weighted by molar-refractivity contribution is -0.119. The molecule has 2 aliphatic carbocycles. The first kappa shape index (κ1) is 16.6. The number of aliphatic hydroxyl groups is 1. The van der Waals surface area contributed by atoms with E-state index in [1.165, 1.54) is 44.6 Å². The van der Waals surface area contributed by atoms with Crippen LogP contribution in [0.25, 0.3) is 0 Å². The molecule has 2 aliphatic rings. The van der Waals surface area contributed by atoms with Gasteiger partial charge in [-0.05, 0) is 50.4 Å². The Morgan fingerprint density at radius 2 is 1.52 bits per heavy atom. The minimum atomic E-state index is 0.156. The summed E-state index contributed by atoms with van der Waals surface area (Å²) in [6.45, 7) is 4.13. The standard InChI is InChI=1S/C19H32O2/c1-3-14(4-2)18(20)13-19(21)17-11-9-16(10-12-17)15-7-5-6-8-15/h13-17,20H,3-12H2,1-2H3/b18-13-. The van der Waals surface area contributed by atoms with Crippen LogP contribution in [0.15, 0.2) is 11.8 Å². The van der Waals surface area contributed by atoms with Crippen molar-refractivity contribution in [2.24, 2.45) is 23.7 Å². The molecule has 2 fully saturated rings. The van der Waals surface area contributed by atoms with Crippen molar-refractivity contribution >= 4 is 5.78 Å². The predicted molar refractivity (Wildman–Crippen MR) is 87.2 cm³/mol. The van der Waals surface area contributed by atoms with E-state index in [4.69, 9.17) is 0 Å². The van der Waals surface area contributed by atoms with Crippen LogP contribution in [0.5, 0.6) is 0 Å². The molecule has 0 bridgehead atoms. The second-order valence-electron chi connectivity index (χ2n) is 7.14. The van der Waals surface area contributed by atoms with Gasteiger partial charge >= 0.3 is 0 Å². The minimum Gasteiger partial charge on any atom is -0.512 e. The smallest absolute Gasteiger partial charge is 0.162 e. The van der Waals surface area contributed by atoms with E-state index < -0.39 is 0 Å². The summed E-state index contributed by atoms with van der Waals surface area (Å²) in [6.07, 6.45) is 13.5. The first-order valence-electron chi connectivity index (χ1n) is 9.10. The summed E-state index contributed by atoms with van der Waals surface area (Å²) in [5.74, 6) is 2.61. The number of rotatable bonds is 6. The Morgan fingerprint density at radius 1 is 1.00 bits per heavy atom. The molecule has 0 saturated heterocycles. The van der Waals surface area contributed by atoms with Crippen LogP contribution in [-0.2, 0) is 4.79 Å². The van der Waals surface area contributed by atoms with Crippen molar-refractivity contribution in [1.29, 1.82) is 0 Å². The summed E-state index contributed by atoms with van der Waals surface area (Å²) in [4.78, 5) is 12.3. The van der Waals surface area contributed by atoms with Crippen molar-refractivity contribution in [3.8, 4) is 0 Å². The molecule has 0 aromatic heterocycles. The van der Waals surface area contributed by atoms with Crippen LogP contribution >= 0.6 is 0 Å². The summed E-state index contributed by atoms with van der Waals surface area (Å²) in [7, 11) is 0. The Bertz CT molecular complexity index is 354. The van der Waals surface area contributed by atoms with Gasteiger partial charge in [-0.2, -0.15) is 0 Å². The van der Waals surface area contributed by atoms with Gasteiger partial charge in [0.15, 0.2) is 5.78 Å². The number of carbonyl (C=O) groups excluding carboxylic acids is 1. The third-order valence-corrected chi connectivity index (χ3v) is 5.93. The minimum absolute atomic E-state index is 0.156. The molecule has 0 aromatic carbocycles. The number of aliphatic hydroxyl groups excluding tert-OH is 1. The van der Waals surface area contributed by atoms with Crippen molar-refractivity contribution < 1.29 is 9.90 Å². The van der Waals surface area contributed by atoms with Crippen molar-refractivity contribution in [1.82, 2.24) is 0 Å². The zero-order valence-corrected chi connectivity index (χ0v) is 13.8. The Labute approximate surface area is 130 Å². The average Bonchev–Trinajstić information content (AvgIpc) is 3.03. The van der Waals surface area contributed by atoms with E-state index in [9.17, 15) is 9.90 Å². The maximum absolute atomic E-state index is 12.3. The fourth-order valence-electron chi connectivity index (χ4n) is 4.39. The van der Waals surface area contributed by atoms with Gasteiger partial charge in [-0.15, -0.1) is 0 Å². The molecule has 0 amide bonds. The maximum atomic E-state index is 12.3. The Balaban J connectivity index is 1.83. The molecule has 0 spiro atoms. The zero-order valence-electron chi connectivity index (χ0n) is 13.8. The number of ketones is 1. The largest absolute Gasteiger partial charge is 0.512 e. The summed E-state index contributed by atoms with van der Waals surface area (Å²) in [5.41, 5.74) is 0. The molecule has 0 aromatic rings. The molecule has 21 heavy (non-hydrogen) atoms. The highest BCUT2D eigenvalue weighted by atomic mass is 16.3. The lowest BCUT2D eigenvalue weighted by Crippen LogP contribution is -2.24. The van der Waals surface area contributed by atoms with E-state index >= 15 is 0 Å². The van der Waals surface area contributed by atoms with Crippen LogP contribution in [0.3, 0.4) is 0 Å². The lowest BCUT2D eigenvalue weighted by Gasteiger charge is -2.31. The first-order valence-corrected chi connectivity index (χ1v) is 9.10. The van der Waals surface area contributed by atoms with Gasteiger partial charge < -0.3 is 5.11 Å². The van der Waals surface area contributed by atoms with Crippen LogP contribution in [0, 0.1) is 23.7 Å². The first-order chi connectivity index (χ1) is 10.2. The van der Waals surface area contributed by atoms with Crippen LogP contribution in [-0.4, -0.2) is 10.9 Å². The van der Waals surface area contributed by atoms with Crippen molar-refractivity contribution in [3.05, 3.63) is 11.8 Å². The quantitative estimate of drug-likeness (QED) is 0.523. The molecular formula is C19H32O2. The number of hydrogen-bond donors (Lipinski definition) is 1. The lowest BCUT2D eigenvalue weighted by atomic mass is 9.74. The second kappa shape index (κ2) is 8.00. The van der Waals surface area contributed by atoms with Gasteiger partial charge in [0.2, 0.25) is 0 Å². The highest BCUT2D eigenvalue weighted by Gasteiger charge is 2.31. The molecule has 0 heterocycles. The molecule has 0 unspecified atom stereocenters. The fraction of sp³-hybridized carbons (Fsp3) is 0.842. The third kappa shape index (κ3) is 4.34. The van der Waals surface area contributed by atoms with E-state index in [1.807, 2.05) is 0 Å². The number of carbonyl (C=O) groups is 1. The SMILES string of the molecule is CCC(CC)/C(O)=C/C(=O)C1CCC(C2CCCC2)CC1. The van der Waals surface area contributed by atoms with E-state index in [0.717, 1.165) is 37.5 Å². The molecule has 0 atom stereocenters. The van der Waals surface area contributed by atoms with E-state index in [0.29, 0.717) is 5.76 Å². The predicted octanol–water partition coefficient (Wildman–Crippen LogP) is 5.43. The molecule has 1 N–H and O–H groups in total. The Hall–Kier alpha value is -0.790. The van der Waals surface area contributed by atoms with Crippen molar-refractivity contribution in [2.45, 2.75) is 78.1 Å². The molecular weight excluding hydrogens is 260 g/mol. The van der Waals surface area contributed by atoms with E-state index in [-0.39, 0.29) is 17.6 Å². The van der Waals surface area contributed by atoms with Crippen LogP contribution in [0.1, 0.15) is 78.1 Å². The fourth-order valence-corrected chi connectivity index (χ4v) is 4.39. The molecule has 2 rings (SSSR count). The van der Waals surface area contributed by atoms with Crippen molar-refractivity contribution in [3.63, 3.8) is 0 Å². The topological polar surface area (TPSA) is 37.3 Å². The normalized spacial score (nSPS) is 28.2. The highest BCUT2D eigenvalue weighted by molar-refractivity contribution is 5.92. The molecule has 2 saturated carbocycles. The van der Waals surface area contributed by atoms with Crippen LogP contribution in [0.2, 0.25) is 0 Å². The van der Waals surface area contributed by atoms with Gasteiger partial charge in [-0.3, -0.25) is 4.79 Å². The third-order valence-electron chi connectivity index (χ3n) is 5.93. The summed E-state index contributed by atoms with van der Waals surface area (Å²) >= 11 is 0. The van der Waals surface area contributed by atoms with Gasteiger partial charge in [-0.25, -0.2) is 0 Å². The summed E-state index contributed by atoms with van der Waals surface area (Å²) < 4.78 is 0. The number of allylic oxidation sites excluding steroid dienone is 2. The second-order valence-corrected chi connectivity index (χ2v) is 7.14. The molecule has 2 nitrogen and oxygen atoms in total. The van der Waals surface area contributed by atoms with E-state index in [1.54, 1.807) is 0 Å². The van der Waals surface area contributed by atoms with Gasteiger partial charge in [0.1, 0.15) is 0 Å². The van der Waals surface area contributed by atoms with E-state index in [2.05, 4.69) is 13.8 Å². The summed E-state index contributed by atoms with van der Waals surface area (Å²) in [6, 6.07) is 0. The van der Waals surface area contributed by atoms with Gasteiger partial charge in [0.05, 0.1) is 5.76 Å². The monoisotopic (exact) mass is 292 g/mol.